The van der Waals surface area contributed by atoms with E-state index in [1.165, 1.54) is 12.0 Å². The van der Waals surface area contributed by atoms with Crippen LogP contribution in [0.3, 0.4) is 0 Å². The highest BCUT2D eigenvalue weighted by Crippen LogP contribution is 2.51. The van der Waals surface area contributed by atoms with Gasteiger partial charge in [0.1, 0.15) is 0 Å². The molecule has 1 heterocycles. The number of allylic oxidation sites excluding steroid dienone is 1. The summed E-state index contributed by atoms with van der Waals surface area (Å²) in [5.41, 5.74) is 1.52. The molecular formula is C14H26O. The molecule has 0 atom stereocenters. The van der Waals surface area contributed by atoms with Gasteiger partial charge < -0.3 is 4.74 Å². The Bertz CT molecular complexity index is 245. The van der Waals surface area contributed by atoms with Gasteiger partial charge in [-0.1, -0.05) is 19.1 Å². The molecule has 0 aliphatic carbocycles. The van der Waals surface area contributed by atoms with Crippen LogP contribution in [-0.2, 0) is 4.74 Å². The summed E-state index contributed by atoms with van der Waals surface area (Å²) in [7, 11) is 0. The summed E-state index contributed by atoms with van der Waals surface area (Å²) in [5, 5.41) is 0. The number of ether oxygens (including phenoxy) is 1. The summed E-state index contributed by atoms with van der Waals surface area (Å²) in [5.74, 6) is 0. The number of hydrogen-bond acceptors (Lipinski definition) is 1. The van der Waals surface area contributed by atoms with Gasteiger partial charge in [0.15, 0.2) is 0 Å². The number of hydrogen-bond donors (Lipinski definition) is 0. The zero-order valence-corrected chi connectivity index (χ0v) is 11.2. The van der Waals surface area contributed by atoms with E-state index < -0.39 is 0 Å². The van der Waals surface area contributed by atoms with Gasteiger partial charge in [0.05, 0.1) is 11.2 Å². The fourth-order valence-electron chi connectivity index (χ4n) is 3.37. The van der Waals surface area contributed by atoms with Crippen LogP contribution in [0.1, 0.15) is 60.8 Å². The van der Waals surface area contributed by atoms with E-state index in [0.717, 1.165) is 12.8 Å². The largest absolute Gasteiger partial charge is 0.370 e. The second kappa shape index (κ2) is 3.62. The zero-order valence-electron chi connectivity index (χ0n) is 11.2. The van der Waals surface area contributed by atoms with Gasteiger partial charge in [-0.3, -0.25) is 0 Å². The van der Waals surface area contributed by atoms with Crippen LogP contribution in [-0.4, -0.2) is 11.2 Å². The summed E-state index contributed by atoms with van der Waals surface area (Å²) in [6, 6.07) is 0. The number of rotatable bonds is 2. The summed E-state index contributed by atoms with van der Waals surface area (Å²) >= 11 is 0. The van der Waals surface area contributed by atoms with Crippen LogP contribution in [0.15, 0.2) is 12.2 Å². The maximum Gasteiger partial charge on any atom is 0.0642 e. The fourth-order valence-corrected chi connectivity index (χ4v) is 3.37. The molecule has 0 spiro atoms. The van der Waals surface area contributed by atoms with E-state index in [-0.39, 0.29) is 16.6 Å². The molecule has 0 amide bonds. The second-order valence-electron chi connectivity index (χ2n) is 6.39. The van der Waals surface area contributed by atoms with Crippen molar-refractivity contribution < 1.29 is 4.74 Å². The maximum atomic E-state index is 6.13. The van der Waals surface area contributed by atoms with E-state index in [1.54, 1.807) is 0 Å². The van der Waals surface area contributed by atoms with Crippen LogP contribution in [0.25, 0.3) is 0 Å². The molecule has 0 aromatic heterocycles. The first kappa shape index (κ1) is 12.8. The van der Waals surface area contributed by atoms with E-state index in [4.69, 9.17) is 4.74 Å². The van der Waals surface area contributed by atoms with E-state index >= 15 is 0 Å². The highest BCUT2D eigenvalue weighted by molar-refractivity contribution is 5.13. The first-order valence-corrected chi connectivity index (χ1v) is 5.99. The molecule has 0 radical (unpaired) electrons. The fraction of sp³-hybridized carbons (Fsp3) is 0.857. The van der Waals surface area contributed by atoms with Gasteiger partial charge in [-0.2, -0.15) is 0 Å². The summed E-state index contributed by atoms with van der Waals surface area (Å²) in [4.78, 5) is 0. The molecule has 0 unspecified atom stereocenters. The third-order valence-corrected chi connectivity index (χ3v) is 3.66. The van der Waals surface area contributed by atoms with Crippen LogP contribution in [0.5, 0.6) is 0 Å². The lowest BCUT2D eigenvalue weighted by atomic mass is 9.64. The van der Waals surface area contributed by atoms with Gasteiger partial charge >= 0.3 is 0 Å². The topological polar surface area (TPSA) is 9.23 Å². The molecule has 1 nitrogen and oxygen atoms in total. The first-order valence-electron chi connectivity index (χ1n) is 5.99. The minimum absolute atomic E-state index is 0.0310. The van der Waals surface area contributed by atoms with Crippen molar-refractivity contribution >= 4 is 0 Å². The van der Waals surface area contributed by atoms with Crippen LogP contribution >= 0.6 is 0 Å². The molecule has 0 saturated carbocycles. The Morgan fingerprint density at radius 1 is 1.13 bits per heavy atom. The Morgan fingerprint density at radius 2 is 1.53 bits per heavy atom. The van der Waals surface area contributed by atoms with Crippen molar-refractivity contribution in [1.82, 2.24) is 0 Å². The molecule has 0 N–H and O–H groups in total. The van der Waals surface area contributed by atoms with Crippen molar-refractivity contribution in [3.8, 4) is 0 Å². The Labute approximate surface area is 94.9 Å². The van der Waals surface area contributed by atoms with E-state index in [9.17, 15) is 0 Å². The SMILES string of the molecule is C=C(C)C1(CC)CC(C)(C)OC(C)(C)C1. The Hall–Kier alpha value is -0.300. The first-order chi connectivity index (χ1) is 6.63. The van der Waals surface area contributed by atoms with Crippen LogP contribution in [0.4, 0.5) is 0 Å². The lowest BCUT2D eigenvalue weighted by Crippen LogP contribution is -2.50. The van der Waals surface area contributed by atoms with Gasteiger partial charge in [-0.05, 0) is 59.3 Å². The van der Waals surface area contributed by atoms with E-state index in [1.807, 2.05) is 0 Å². The second-order valence-corrected chi connectivity index (χ2v) is 6.39. The molecular weight excluding hydrogens is 184 g/mol. The monoisotopic (exact) mass is 210 g/mol. The van der Waals surface area contributed by atoms with Gasteiger partial charge in [0, 0.05) is 0 Å². The van der Waals surface area contributed by atoms with Crippen molar-refractivity contribution in [2.75, 3.05) is 0 Å². The average molecular weight is 210 g/mol. The van der Waals surface area contributed by atoms with E-state index in [2.05, 4.69) is 48.1 Å². The predicted octanol–water partition coefficient (Wildman–Crippen LogP) is 4.33. The zero-order chi connectivity index (χ0) is 11.9. The lowest BCUT2D eigenvalue weighted by Gasteiger charge is -2.52. The normalized spacial score (nSPS) is 27.3. The molecule has 0 aromatic carbocycles. The maximum absolute atomic E-state index is 6.13. The molecule has 15 heavy (non-hydrogen) atoms. The lowest BCUT2D eigenvalue weighted by molar-refractivity contribution is -0.190. The molecule has 1 saturated heterocycles. The third-order valence-electron chi connectivity index (χ3n) is 3.66. The average Bonchev–Trinajstić information content (AvgIpc) is 1.97. The molecule has 1 rings (SSSR count). The van der Waals surface area contributed by atoms with Gasteiger partial charge in [0.25, 0.3) is 0 Å². The van der Waals surface area contributed by atoms with Crippen molar-refractivity contribution in [1.29, 1.82) is 0 Å². The van der Waals surface area contributed by atoms with Gasteiger partial charge in [0.2, 0.25) is 0 Å². The quantitative estimate of drug-likeness (QED) is 0.616. The third kappa shape index (κ3) is 2.63. The molecule has 88 valence electrons. The molecule has 1 heteroatoms. The van der Waals surface area contributed by atoms with E-state index in [0.29, 0.717) is 0 Å². The minimum atomic E-state index is -0.0310. The summed E-state index contributed by atoms with van der Waals surface area (Å²) in [6.07, 6.45) is 3.35. The van der Waals surface area contributed by atoms with Gasteiger partial charge in [-0.25, -0.2) is 0 Å². The molecule has 0 aromatic rings. The highest BCUT2D eigenvalue weighted by atomic mass is 16.5. The Kier molecular flexibility index (Phi) is 3.08. The van der Waals surface area contributed by atoms with Crippen molar-refractivity contribution in [3.05, 3.63) is 12.2 Å². The van der Waals surface area contributed by atoms with Crippen LogP contribution in [0.2, 0.25) is 0 Å². The summed E-state index contributed by atoms with van der Waals surface area (Å²) in [6.45, 7) is 17.4. The molecule has 1 aliphatic rings. The van der Waals surface area contributed by atoms with Crippen molar-refractivity contribution in [3.63, 3.8) is 0 Å². The van der Waals surface area contributed by atoms with Crippen molar-refractivity contribution in [2.45, 2.75) is 72.0 Å². The van der Waals surface area contributed by atoms with Crippen molar-refractivity contribution in [2.24, 2.45) is 5.41 Å². The van der Waals surface area contributed by atoms with Crippen LogP contribution < -0.4 is 0 Å². The molecule has 0 bridgehead atoms. The van der Waals surface area contributed by atoms with Crippen LogP contribution in [0, 0.1) is 5.41 Å². The molecule has 1 aliphatic heterocycles. The Morgan fingerprint density at radius 3 is 1.80 bits per heavy atom. The van der Waals surface area contributed by atoms with Gasteiger partial charge in [-0.15, -0.1) is 0 Å². The summed E-state index contributed by atoms with van der Waals surface area (Å²) < 4.78 is 6.13. The highest BCUT2D eigenvalue weighted by Gasteiger charge is 2.47. The Balaban J connectivity index is 3.05. The molecule has 1 fully saturated rings. The minimum Gasteiger partial charge on any atom is -0.370 e. The standard InChI is InChI=1S/C14H26O/c1-8-14(11(2)3)9-12(4,5)15-13(6,7)10-14/h2,8-10H2,1,3-7H3. The predicted molar refractivity (Wildman–Crippen MR) is 66.0 cm³/mol. The smallest absolute Gasteiger partial charge is 0.0642 e.